The van der Waals surface area contributed by atoms with Gasteiger partial charge in [-0.1, -0.05) is 48.2 Å². The molecule has 0 unspecified atom stereocenters. The van der Waals surface area contributed by atoms with Crippen molar-refractivity contribution in [2.45, 2.75) is 9.79 Å². The van der Waals surface area contributed by atoms with Gasteiger partial charge in [0.05, 0.1) is 16.3 Å². The van der Waals surface area contributed by atoms with E-state index < -0.39 is 10.7 Å². The highest BCUT2D eigenvalue weighted by atomic mass is 32.2. The van der Waals surface area contributed by atoms with Crippen LogP contribution in [0.3, 0.4) is 0 Å². The number of ketones is 1. The monoisotopic (exact) mass is 402 g/mol. The highest BCUT2D eigenvalue weighted by Gasteiger charge is 2.26. The molecule has 0 spiro atoms. The topological polar surface area (TPSA) is 80.5 Å². The molecule has 29 heavy (non-hydrogen) atoms. The molecule has 1 aliphatic heterocycles. The zero-order valence-corrected chi connectivity index (χ0v) is 15.8. The van der Waals surface area contributed by atoms with E-state index in [4.69, 9.17) is 0 Å². The van der Waals surface area contributed by atoms with Gasteiger partial charge in [-0.3, -0.25) is 24.6 Å². The van der Waals surface area contributed by atoms with Gasteiger partial charge in [0.25, 0.3) is 11.6 Å². The molecule has 1 amide bonds. The fourth-order valence-corrected chi connectivity index (χ4v) is 4.09. The van der Waals surface area contributed by atoms with E-state index in [0.29, 0.717) is 0 Å². The largest absolute Gasteiger partial charge is 0.289 e. The molecule has 1 heterocycles. The minimum atomic E-state index is -0.565. The first-order valence-electron chi connectivity index (χ1n) is 8.71. The van der Waals surface area contributed by atoms with Crippen molar-refractivity contribution >= 4 is 40.5 Å². The number of benzene rings is 3. The van der Waals surface area contributed by atoms with Gasteiger partial charge in [0.2, 0.25) is 0 Å². The average molecular weight is 402 g/mol. The minimum absolute atomic E-state index is 0.151. The van der Waals surface area contributed by atoms with Gasteiger partial charge < -0.3 is 0 Å². The van der Waals surface area contributed by atoms with Crippen LogP contribution in [-0.2, 0) is 4.79 Å². The number of non-ortho nitro benzene ring substituents is 1. The second-order valence-corrected chi connectivity index (χ2v) is 7.30. The van der Waals surface area contributed by atoms with Crippen molar-refractivity contribution in [3.05, 3.63) is 101 Å². The Morgan fingerprint density at radius 2 is 1.48 bits per heavy atom. The van der Waals surface area contributed by atoms with Crippen LogP contribution in [-0.4, -0.2) is 16.6 Å². The summed E-state index contributed by atoms with van der Waals surface area (Å²) in [6.45, 7) is 0. The molecule has 0 aromatic heterocycles. The number of carbonyl (C=O) groups excluding carboxylic acids is 2. The third kappa shape index (κ3) is 3.68. The Balaban J connectivity index is 1.64. The normalized spacial score (nSPS) is 12.3. The third-order valence-electron chi connectivity index (χ3n) is 4.37. The van der Waals surface area contributed by atoms with Crippen molar-refractivity contribution in [3.8, 4) is 0 Å². The lowest BCUT2D eigenvalue weighted by atomic mass is 10.1. The van der Waals surface area contributed by atoms with Gasteiger partial charge >= 0.3 is 0 Å². The fourth-order valence-electron chi connectivity index (χ4n) is 3.03. The van der Waals surface area contributed by atoms with E-state index >= 15 is 0 Å². The number of nitro groups is 1. The van der Waals surface area contributed by atoms with Crippen LogP contribution in [0.5, 0.6) is 0 Å². The number of para-hydroxylation sites is 2. The summed E-state index contributed by atoms with van der Waals surface area (Å²) in [5.74, 6) is -0.848. The van der Waals surface area contributed by atoms with Crippen molar-refractivity contribution in [2.75, 3.05) is 4.90 Å². The second-order valence-electron chi connectivity index (χ2n) is 6.22. The summed E-state index contributed by atoms with van der Waals surface area (Å²) in [6, 6.07) is 20.5. The zero-order valence-electron chi connectivity index (χ0n) is 15.0. The molecule has 0 saturated carbocycles. The van der Waals surface area contributed by atoms with Crippen molar-refractivity contribution in [1.29, 1.82) is 0 Å². The van der Waals surface area contributed by atoms with Crippen LogP contribution in [0, 0.1) is 10.1 Å². The zero-order chi connectivity index (χ0) is 20.4. The number of nitrogens with zero attached hydrogens (tertiary/aromatic N) is 2. The van der Waals surface area contributed by atoms with Crippen molar-refractivity contribution in [2.24, 2.45) is 0 Å². The van der Waals surface area contributed by atoms with Crippen LogP contribution in [0.15, 0.2) is 94.7 Å². The summed E-state index contributed by atoms with van der Waals surface area (Å²) in [6.07, 6.45) is 2.35. The Morgan fingerprint density at radius 1 is 0.862 bits per heavy atom. The fraction of sp³-hybridized carbons (Fsp3) is 0. The number of nitro benzene ring substituents is 1. The lowest BCUT2D eigenvalue weighted by molar-refractivity contribution is -0.384. The Kier molecular flexibility index (Phi) is 4.97. The van der Waals surface area contributed by atoms with E-state index in [9.17, 15) is 19.7 Å². The van der Waals surface area contributed by atoms with Gasteiger partial charge in [0.1, 0.15) is 0 Å². The van der Waals surface area contributed by atoms with Crippen LogP contribution < -0.4 is 4.90 Å². The molecule has 0 fully saturated rings. The number of fused-ring (bicyclic) bond motifs is 2. The number of carbonyl (C=O) groups is 2. The number of allylic oxidation sites excluding steroid dienone is 1. The first-order chi connectivity index (χ1) is 14.0. The van der Waals surface area contributed by atoms with Gasteiger partial charge in [-0.2, -0.15) is 0 Å². The molecular formula is C22H14N2O4S. The summed E-state index contributed by atoms with van der Waals surface area (Å²) in [5, 5.41) is 10.9. The van der Waals surface area contributed by atoms with Gasteiger partial charge in [0, 0.05) is 33.6 Å². The SMILES string of the molecule is O=C(/C=C/C(=O)N1c2ccccc2Sc2ccccc21)c1cccc([N+](=O)[O-])c1. The van der Waals surface area contributed by atoms with Crippen LogP contribution >= 0.6 is 11.8 Å². The van der Waals surface area contributed by atoms with Gasteiger partial charge in [-0.25, -0.2) is 0 Å². The maximum atomic E-state index is 13.0. The minimum Gasteiger partial charge on any atom is -0.289 e. The Morgan fingerprint density at radius 3 is 2.10 bits per heavy atom. The molecular weight excluding hydrogens is 388 g/mol. The number of amides is 1. The van der Waals surface area contributed by atoms with Crippen molar-refractivity contribution in [3.63, 3.8) is 0 Å². The number of anilines is 2. The Labute approximate surface area is 170 Å². The molecule has 142 valence electrons. The number of hydrogen-bond donors (Lipinski definition) is 0. The highest BCUT2D eigenvalue weighted by molar-refractivity contribution is 7.99. The maximum Gasteiger partial charge on any atom is 0.270 e. The van der Waals surface area contributed by atoms with Crippen molar-refractivity contribution in [1.82, 2.24) is 0 Å². The van der Waals surface area contributed by atoms with E-state index in [2.05, 4.69) is 0 Å². The molecule has 1 aliphatic rings. The molecule has 0 atom stereocenters. The first-order valence-corrected chi connectivity index (χ1v) is 9.53. The average Bonchev–Trinajstić information content (AvgIpc) is 2.75. The maximum absolute atomic E-state index is 13.0. The predicted octanol–water partition coefficient (Wildman–Crippen LogP) is 5.16. The summed E-state index contributed by atoms with van der Waals surface area (Å²) in [5.41, 5.74) is 1.46. The Hall–Kier alpha value is -3.71. The quantitative estimate of drug-likeness (QED) is 0.260. The summed E-state index contributed by atoms with van der Waals surface area (Å²) < 4.78 is 0. The number of hydrogen-bond acceptors (Lipinski definition) is 5. The van der Waals surface area contributed by atoms with Crippen LogP contribution in [0.25, 0.3) is 0 Å². The molecule has 7 heteroatoms. The van der Waals surface area contributed by atoms with Gasteiger partial charge in [-0.15, -0.1) is 0 Å². The van der Waals surface area contributed by atoms with Gasteiger partial charge in [-0.05, 0) is 30.3 Å². The second kappa shape index (κ2) is 7.73. The molecule has 4 rings (SSSR count). The molecule has 0 bridgehead atoms. The summed E-state index contributed by atoms with van der Waals surface area (Å²) in [7, 11) is 0. The molecule has 0 saturated heterocycles. The molecule has 0 N–H and O–H groups in total. The third-order valence-corrected chi connectivity index (χ3v) is 5.50. The van der Waals surface area contributed by atoms with E-state index in [1.807, 2.05) is 48.5 Å². The van der Waals surface area contributed by atoms with Crippen LogP contribution in [0.2, 0.25) is 0 Å². The smallest absolute Gasteiger partial charge is 0.270 e. The van der Waals surface area contributed by atoms with Crippen LogP contribution in [0.4, 0.5) is 17.1 Å². The van der Waals surface area contributed by atoms with E-state index in [0.717, 1.165) is 27.2 Å². The highest BCUT2D eigenvalue weighted by Crippen LogP contribution is 2.47. The predicted molar refractivity (Wildman–Crippen MR) is 111 cm³/mol. The summed E-state index contributed by atoms with van der Waals surface area (Å²) >= 11 is 1.58. The molecule has 0 radical (unpaired) electrons. The molecule has 3 aromatic carbocycles. The van der Waals surface area contributed by atoms with Gasteiger partial charge in [0.15, 0.2) is 5.78 Å². The molecule has 0 aliphatic carbocycles. The molecule has 6 nitrogen and oxygen atoms in total. The lowest BCUT2D eigenvalue weighted by Gasteiger charge is -2.30. The van der Waals surface area contributed by atoms with E-state index in [-0.39, 0.29) is 17.2 Å². The number of rotatable bonds is 4. The lowest BCUT2D eigenvalue weighted by Crippen LogP contribution is -2.26. The summed E-state index contributed by atoms with van der Waals surface area (Å²) in [4.78, 5) is 39.2. The van der Waals surface area contributed by atoms with E-state index in [1.54, 1.807) is 16.7 Å². The standard InChI is InChI=1S/C22H14N2O4S/c25-19(15-6-5-7-16(14-15)24(27)28)12-13-22(26)23-17-8-1-3-10-20(17)29-21-11-4-2-9-18(21)23/h1-14H/b13-12+. The Bertz CT molecular complexity index is 1130. The van der Waals surface area contributed by atoms with Crippen LogP contribution in [0.1, 0.15) is 10.4 Å². The van der Waals surface area contributed by atoms with Crippen molar-refractivity contribution < 1.29 is 14.5 Å². The van der Waals surface area contributed by atoms with E-state index in [1.165, 1.54) is 30.3 Å². The molecule has 3 aromatic rings. The first kappa shape index (κ1) is 18.6.